The van der Waals surface area contributed by atoms with Gasteiger partial charge in [0.25, 0.3) is 5.91 Å². The van der Waals surface area contributed by atoms with Crippen LogP contribution >= 0.6 is 11.3 Å². The summed E-state index contributed by atoms with van der Waals surface area (Å²) >= 11 is 1.20. The minimum absolute atomic E-state index is 0.0239. The summed E-state index contributed by atoms with van der Waals surface area (Å²) in [6, 6.07) is 0.758. The fraction of sp³-hybridized carbons (Fsp3) is 0.538. The number of carbonyl (C=O) groups excluding carboxylic acids is 2. The van der Waals surface area contributed by atoms with E-state index in [1.165, 1.54) is 18.4 Å². The Hall–Kier alpha value is -1.77. The van der Waals surface area contributed by atoms with Crippen molar-refractivity contribution in [3.8, 4) is 5.75 Å². The molecule has 1 aromatic heterocycles. The van der Waals surface area contributed by atoms with Gasteiger partial charge in [-0.05, 0) is 19.4 Å². The van der Waals surface area contributed by atoms with Gasteiger partial charge in [-0.15, -0.1) is 11.3 Å². The van der Waals surface area contributed by atoms with Crippen molar-refractivity contribution in [3.05, 3.63) is 15.8 Å². The number of thiophene rings is 1. The summed E-state index contributed by atoms with van der Waals surface area (Å²) in [6.07, 6.45) is -4.28. The van der Waals surface area contributed by atoms with E-state index in [2.05, 4.69) is 5.32 Å². The molecule has 0 bridgehead atoms. The van der Waals surface area contributed by atoms with Crippen molar-refractivity contribution < 1.29 is 27.5 Å². The largest absolute Gasteiger partial charge is 0.495 e. The minimum Gasteiger partial charge on any atom is -0.495 e. The number of nitrogens with one attached hydrogen (secondary N) is 1. The third-order valence-corrected chi connectivity index (χ3v) is 4.25. The van der Waals surface area contributed by atoms with Crippen molar-refractivity contribution in [1.29, 1.82) is 0 Å². The van der Waals surface area contributed by atoms with Crippen LogP contribution in [0.4, 0.5) is 13.2 Å². The van der Waals surface area contributed by atoms with Gasteiger partial charge < -0.3 is 15.0 Å². The standard InChI is InChI=1S/C13H15F3N2O3S/c1-7-5-9(21-2)10(22-7)11(19)17-8-3-4-18(12(8)20)6-13(14,15)16/h5,8H,3-4,6H2,1-2H3,(H,17,19)/t8-/m1/s1. The Morgan fingerprint density at radius 1 is 1.55 bits per heavy atom. The van der Waals surface area contributed by atoms with Gasteiger partial charge in [-0.1, -0.05) is 0 Å². The number of likely N-dealkylation sites (tertiary alicyclic amines) is 1. The summed E-state index contributed by atoms with van der Waals surface area (Å²) in [5, 5.41) is 2.48. The molecule has 0 spiro atoms. The molecule has 1 fully saturated rings. The number of alkyl halides is 3. The number of hydrogen-bond donors (Lipinski definition) is 1. The fourth-order valence-corrected chi connectivity index (χ4v) is 3.15. The molecule has 0 aromatic carbocycles. The zero-order chi connectivity index (χ0) is 16.5. The molecule has 1 saturated heterocycles. The molecule has 1 N–H and O–H groups in total. The predicted molar refractivity (Wildman–Crippen MR) is 74.1 cm³/mol. The molecule has 1 aromatic rings. The van der Waals surface area contributed by atoms with E-state index in [0.717, 1.165) is 4.88 Å². The van der Waals surface area contributed by atoms with Gasteiger partial charge in [-0.25, -0.2) is 0 Å². The van der Waals surface area contributed by atoms with Crippen LogP contribution in [0.5, 0.6) is 5.75 Å². The number of nitrogens with zero attached hydrogens (tertiary/aromatic N) is 1. The second-order valence-electron chi connectivity index (χ2n) is 4.94. The highest BCUT2D eigenvalue weighted by molar-refractivity contribution is 7.14. The molecule has 5 nitrogen and oxygen atoms in total. The van der Waals surface area contributed by atoms with Gasteiger partial charge in [0.1, 0.15) is 23.2 Å². The van der Waals surface area contributed by atoms with Gasteiger partial charge >= 0.3 is 6.18 Å². The number of carbonyl (C=O) groups is 2. The van der Waals surface area contributed by atoms with Crippen LogP contribution in [0.15, 0.2) is 6.07 Å². The van der Waals surface area contributed by atoms with E-state index in [1.807, 2.05) is 0 Å². The summed E-state index contributed by atoms with van der Waals surface area (Å²) in [5.74, 6) is -0.835. The van der Waals surface area contributed by atoms with Crippen molar-refractivity contribution in [1.82, 2.24) is 10.2 Å². The smallest absolute Gasteiger partial charge is 0.406 e. The second-order valence-corrected chi connectivity index (χ2v) is 6.20. The SMILES string of the molecule is COc1cc(C)sc1C(=O)N[C@@H]1CCN(CC(F)(F)F)C1=O. The van der Waals surface area contributed by atoms with Crippen molar-refractivity contribution in [2.45, 2.75) is 25.6 Å². The van der Waals surface area contributed by atoms with Crippen molar-refractivity contribution in [2.75, 3.05) is 20.2 Å². The van der Waals surface area contributed by atoms with Crippen LogP contribution in [0.25, 0.3) is 0 Å². The summed E-state index contributed by atoms with van der Waals surface area (Å²) in [6.45, 7) is 0.485. The van der Waals surface area contributed by atoms with Crippen molar-refractivity contribution in [2.24, 2.45) is 0 Å². The summed E-state index contributed by atoms with van der Waals surface area (Å²) in [5.41, 5.74) is 0. The van der Waals surface area contributed by atoms with Crippen LogP contribution in [0.3, 0.4) is 0 Å². The molecule has 1 aliphatic heterocycles. The molecule has 0 radical (unpaired) electrons. The van der Waals surface area contributed by atoms with E-state index in [9.17, 15) is 22.8 Å². The van der Waals surface area contributed by atoms with Crippen molar-refractivity contribution in [3.63, 3.8) is 0 Å². The monoisotopic (exact) mass is 336 g/mol. The van der Waals surface area contributed by atoms with Gasteiger partial charge in [0.15, 0.2) is 0 Å². The van der Waals surface area contributed by atoms with E-state index in [1.54, 1.807) is 13.0 Å². The number of ether oxygens (including phenoxy) is 1. The lowest BCUT2D eigenvalue weighted by Crippen LogP contribution is -2.43. The Bertz CT molecular complexity index is 586. The summed E-state index contributed by atoms with van der Waals surface area (Å²) < 4.78 is 42.1. The third-order valence-electron chi connectivity index (χ3n) is 3.22. The van der Waals surface area contributed by atoms with E-state index >= 15 is 0 Å². The number of amides is 2. The average Bonchev–Trinajstić information content (AvgIpc) is 2.94. The molecule has 2 amide bonds. The number of aryl methyl sites for hydroxylation is 1. The Labute approximate surface area is 129 Å². The predicted octanol–water partition coefficient (Wildman–Crippen LogP) is 1.96. The molecule has 22 heavy (non-hydrogen) atoms. The average molecular weight is 336 g/mol. The van der Waals surface area contributed by atoms with Gasteiger partial charge in [-0.3, -0.25) is 9.59 Å². The minimum atomic E-state index is -4.44. The molecule has 2 heterocycles. The quantitative estimate of drug-likeness (QED) is 0.914. The highest BCUT2D eigenvalue weighted by Gasteiger charge is 2.40. The third kappa shape index (κ3) is 3.70. The van der Waals surface area contributed by atoms with Crippen LogP contribution < -0.4 is 10.1 Å². The van der Waals surface area contributed by atoms with Gasteiger partial charge in [-0.2, -0.15) is 13.2 Å². The molecule has 2 rings (SSSR count). The van der Waals surface area contributed by atoms with Gasteiger partial charge in [0.05, 0.1) is 7.11 Å². The molecule has 122 valence electrons. The Morgan fingerprint density at radius 3 is 2.82 bits per heavy atom. The van der Waals surface area contributed by atoms with Crippen LogP contribution in [0.2, 0.25) is 0 Å². The van der Waals surface area contributed by atoms with Crippen LogP contribution in [0.1, 0.15) is 21.0 Å². The molecule has 9 heteroatoms. The van der Waals surface area contributed by atoms with E-state index in [0.29, 0.717) is 15.5 Å². The fourth-order valence-electron chi connectivity index (χ4n) is 2.27. The molecule has 1 aliphatic rings. The highest BCUT2D eigenvalue weighted by Crippen LogP contribution is 2.29. The molecular weight excluding hydrogens is 321 g/mol. The first-order valence-electron chi connectivity index (χ1n) is 6.52. The first-order chi connectivity index (χ1) is 10.2. The normalized spacial score (nSPS) is 18.7. The Morgan fingerprint density at radius 2 is 2.23 bits per heavy atom. The maximum Gasteiger partial charge on any atom is 0.406 e. The van der Waals surface area contributed by atoms with E-state index in [-0.39, 0.29) is 13.0 Å². The van der Waals surface area contributed by atoms with Crippen LogP contribution in [-0.4, -0.2) is 49.1 Å². The lowest BCUT2D eigenvalue weighted by atomic mass is 10.2. The van der Waals surface area contributed by atoms with Crippen LogP contribution in [-0.2, 0) is 4.79 Å². The Balaban J connectivity index is 2.02. The maximum atomic E-state index is 12.3. The lowest BCUT2D eigenvalue weighted by Gasteiger charge is -2.18. The maximum absolute atomic E-state index is 12.3. The number of hydrogen-bond acceptors (Lipinski definition) is 4. The molecule has 0 saturated carbocycles. The first kappa shape index (κ1) is 16.6. The van der Waals surface area contributed by atoms with E-state index in [4.69, 9.17) is 4.74 Å². The molecule has 0 unspecified atom stereocenters. The van der Waals surface area contributed by atoms with Gasteiger partial charge in [0.2, 0.25) is 5.91 Å². The van der Waals surface area contributed by atoms with Crippen molar-refractivity contribution >= 4 is 23.2 Å². The topological polar surface area (TPSA) is 58.6 Å². The Kier molecular flexibility index (Phi) is 4.64. The van der Waals surface area contributed by atoms with E-state index < -0.39 is 30.6 Å². The number of halogens is 3. The summed E-state index contributed by atoms with van der Waals surface area (Å²) in [7, 11) is 1.42. The zero-order valence-electron chi connectivity index (χ0n) is 12.0. The lowest BCUT2D eigenvalue weighted by molar-refractivity contribution is -0.157. The number of methoxy groups -OCH3 is 1. The summed E-state index contributed by atoms with van der Waals surface area (Å²) in [4.78, 5) is 25.9. The number of rotatable bonds is 4. The first-order valence-corrected chi connectivity index (χ1v) is 7.33. The van der Waals surface area contributed by atoms with Crippen LogP contribution in [0, 0.1) is 6.92 Å². The zero-order valence-corrected chi connectivity index (χ0v) is 12.8. The molecule has 1 atom stereocenters. The molecular formula is C13H15F3N2O3S. The van der Waals surface area contributed by atoms with Gasteiger partial charge in [0, 0.05) is 11.4 Å². The highest BCUT2D eigenvalue weighted by atomic mass is 32.1. The molecule has 0 aliphatic carbocycles. The second kappa shape index (κ2) is 6.15.